The second-order valence-corrected chi connectivity index (χ2v) is 7.38. The molecule has 2 N–H and O–H groups in total. The number of aromatic nitrogens is 2. The summed E-state index contributed by atoms with van der Waals surface area (Å²) in [5, 5.41) is 12.7. The minimum Gasteiger partial charge on any atom is -0.508 e. The Labute approximate surface area is 166 Å². The Balaban J connectivity index is 1.63. The maximum Gasteiger partial charge on any atom is 0.264 e. The molecule has 2 aromatic heterocycles. The van der Waals surface area contributed by atoms with Gasteiger partial charge in [-0.2, -0.15) is 0 Å². The van der Waals surface area contributed by atoms with E-state index >= 15 is 0 Å². The molecule has 1 aliphatic rings. The van der Waals surface area contributed by atoms with Crippen LogP contribution < -0.4 is 5.32 Å². The first-order valence-electron chi connectivity index (χ1n) is 8.70. The Morgan fingerprint density at radius 3 is 2.68 bits per heavy atom. The van der Waals surface area contributed by atoms with E-state index in [4.69, 9.17) is 0 Å². The molecule has 0 aliphatic carbocycles. The predicted octanol–water partition coefficient (Wildman–Crippen LogP) is 4.09. The van der Waals surface area contributed by atoms with Crippen molar-refractivity contribution in [2.24, 2.45) is 4.99 Å². The molecule has 140 valence electrons. The molecule has 0 radical (unpaired) electrons. The number of nitrogens with one attached hydrogen (secondary N) is 1. The highest BCUT2D eigenvalue weighted by atomic mass is 32.2. The molecule has 0 unspecified atom stereocenters. The maximum atomic E-state index is 12.4. The zero-order chi connectivity index (χ0) is 19.7. The second-order valence-electron chi connectivity index (χ2n) is 6.35. The largest absolute Gasteiger partial charge is 0.508 e. The molecular formula is C21H18N4O2S. The number of phenols is 1. The lowest BCUT2D eigenvalue weighted by atomic mass is 10.2. The van der Waals surface area contributed by atoms with Crippen molar-refractivity contribution in [3.05, 3.63) is 76.6 Å². The molecule has 1 amide bonds. The summed E-state index contributed by atoms with van der Waals surface area (Å²) in [6.07, 6.45) is 3.64. The smallest absolute Gasteiger partial charge is 0.264 e. The van der Waals surface area contributed by atoms with E-state index in [9.17, 15) is 9.90 Å². The summed E-state index contributed by atoms with van der Waals surface area (Å²) >= 11 is 1.30. The number of hydrogen-bond acceptors (Lipinski definition) is 5. The van der Waals surface area contributed by atoms with Gasteiger partial charge >= 0.3 is 0 Å². The van der Waals surface area contributed by atoms with E-state index in [0.29, 0.717) is 15.8 Å². The summed E-state index contributed by atoms with van der Waals surface area (Å²) in [5.41, 5.74) is 3.69. The normalized spacial score (nSPS) is 16.7. The predicted molar refractivity (Wildman–Crippen MR) is 112 cm³/mol. The summed E-state index contributed by atoms with van der Waals surface area (Å²) in [4.78, 5) is 21.8. The Morgan fingerprint density at radius 2 is 1.96 bits per heavy atom. The highest BCUT2D eigenvalue weighted by Crippen LogP contribution is 2.30. The van der Waals surface area contributed by atoms with Crippen molar-refractivity contribution in [1.82, 2.24) is 14.9 Å². The summed E-state index contributed by atoms with van der Waals surface area (Å²) < 4.78 is 2.06. The number of thioether (sulfide) groups is 1. The Morgan fingerprint density at radius 1 is 1.18 bits per heavy atom. The number of aromatic hydroxyl groups is 1. The number of pyridine rings is 1. The van der Waals surface area contributed by atoms with Gasteiger partial charge in [0.15, 0.2) is 5.17 Å². The number of aliphatic imine (C=N–C) groups is 1. The molecule has 3 aromatic rings. The van der Waals surface area contributed by atoms with Crippen LogP contribution >= 0.6 is 11.8 Å². The molecule has 0 spiro atoms. The fourth-order valence-electron chi connectivity index (χ4n) is 3.04. The van der Waals surface area contributed by atoms with Crippen LogP contribution in [0.3, 0.4) is 0 Å². The molecule has 0 saturated carbocycles. The van der Waals surface area contributed by atoms with E-state index in [0.717, 1.165) is 22.8 Å². The minimum absolute atomic E-state index is 0.176. The Bertz CT molecular complexity index is 1100. The maximum absolute atomic E-state index is 12.4. The Kier molecular flexibility index (Phi) is 4.75. The number of hydrogen-bond donors (Lipinski definition) is 2. The van der Waals surface area contributed by atoms with Gasteiger partial charge in [-0.1, -0.05) is 6.07 Å². The van der Waals surface area contributed by atoms with E-state index in [1.807, 2.05) is 44.2 Å². The van der Waals surface area contributed by atoms with Crippen molar-refractivity contribution in [3.63, 3.8) is 0 Å². The van der Waals surface area contributed by atoms with Gasteiger partial charge < -0.3 is 15.0 Å². The van der Waals surface area contributed by atoms with Crippen LogP contribution in [0.25, 0.3) is 11.9 Å². The molecule has 1 saturated heterocycles. The van der Waals surface area contributed by atoms with Crippen LogP contribution in [0.15, 0.2) is 64.6 Å². The molecule has 7 heteroatoms. The van der Waals surface area contributed by atoms with Crippen LogP contribution in [-0.4, -0.2) is 25.7 Å². The third-order valence-electron chi connectivity index (χ3n) is 4.37. The fourth-order valence-corrected chi connectivity index (χ4v) is 3.87. The van der Waals surface area contributed by atoms with Crippen molar-refractivity contribution in [2.45, 2.75) is 13.8 Å². The number of phenolic OH excluding ortho intramolecular Hbond substituents is 1. The monoisotopic (exact) mass is 390 g/mol. The first-order chi connectivity index (χ1) is 13.5. The van der Waals surface area contributed by atoms with Crippen molar-refractivity contribution >= 4 is 34.6 Å². The van der Waals surface area contributed by atoms with Crippen molar-refractivity contribution < 1.29 is 9.90 Å². The molecule has 0 atom stereocenters. The van der Waals surface area contributed by atoms with E-state index in [1.165, 1.54) is 11.8 Å². The van der Waals surface area contributed by atoms with E-state index in [1.54, 1.807) is 30.5 Å². The number of aryl methyl sites for hydroxylation is 1. The lowest BCUT2D eigenvalue weighted by Gasteiger charge is -2.07. The molecule has 4 rings (SSSR count). The van der Waals surface area contributed by atoms with Gasteiger partial charge in [0.05, 0.1) is 10.6 Å². The number of carbonyl (C=O) groups excluding carboxylic acids is 1. The highest BCUT2D eigenvalue weighted by molar-refractivity contribution is 8.18. The molecule has 1 aliphatic heterocycles. The third-order valence-corrected chi connectivity index (χ3v) is 5.28. The molecule has 1 aromatic carbocycles. The number of amidine groups is 1. The van der Waals surface area contributed by atoms with Gasteiger partial charge in [0.1, 0.15) is 11.6 Å². The van der Waals surface area contributed by atoms with Gasteiger partial charge in [0.25, 0.3) is 5.91 Å². The minimum atomic E-state index is -0.176. The SMILES string of the molecule is Cc1cc(/C=C2\SC(=Nc3ccc(O)cc3)NC2=O)c(C)n1-c1ccccn1. The fraction of sp³-hybridized carbons (Fsp3) is 0.0952. The molecule has 3 heterocycles. The van der Waals surface area contributed by atoms with Crippen LogP contribution in [0.5, 0.6) is 5.75 Å². The first-order valence-corrected chi connectivity index (χ1v) is 9.52. The van der Waals surface area contributed by atoms with Gasteiger partial charge in [-0.05, 0) is 79.7 Å². The van der Waals surface area contributed by atoms with Crippen molar-refractivity contribution in [2.75, 3.05) is 0 Å². The molecular weight excluding hydrogens is 372 g/mol. The number of benzene rings is 1. The first kappa shape index (κ1) is 18.1. The van der Waals surface area contributed by atoms with E-state index in [-0.39, 0.29) is 11.7 Å². The van der Waals surface area contributed by atoms with Gasteiger partial charge in [-0.15, -0.1) is 0 Å². The van der Waals surface area contributed by atoms with Gasteiger partial charge in [0.2, 0.25) is 0 Å². The summed E-state index contributed by atoms with van der Waals surface area (Å²) in [6, 6.07) is 14.3. The van der Waals surface area contributed by atoms with Crippen LogP contribution in [0.2, 0.25) is 0 Å². The van der Waals surface area contributed by atoms with Crippen molar-refractivity contribution in [3.8, 4) is 11.6 Å². The van der Waals surface area contributed by atoms with Crippen molar-refractivity contribution in [1.29, 1.82) is 0 Å². The van der Waals surface area contributed by atoms with Crippen LogP contribution in [-0.2, 0) is 4.79 Å². The lowest BCUT2D eigenvalue weighted by molar-refractivity contribution is -0.115. The molecule has 28 heavy (non-hydrogen) atoms. The number of nitrogens with zero attached hydrogens (tertiary/aromatic N) is 3. The van der Waals surface area contributed by atoms with Crippen LogP contribution in [0.4, 0.5) is 5.69 Å². The number of carbonyl (C=O) groups is 1. The van der Waals surface area contributed by atoms with Gasteiger partial charge in [-0.25, -0.2) is 9.98 Å². The van der Waals surface area contributed by atoms with Gasteiger partial charge in [-0.3, -0.25) is 4.79 Å². The molecule has 0 bridgehead atoms. The third kappa shape index (κ3) is 3.57. The number of amides is 1. The highest BCUT2D eigenvalue weighted by Gasteiger charge is 2.24. The molecule has 1 fully saturated rings. The summed E-state index contributed by atoms with van der Waals surface area (Å²) in [7, 11) is 0. The summed E-state index contributed by atoms with van der Waals surface area (Å²) in [5.74, 6) is 0.848. The van der Waals surface area contributed by atoms with E-state index < -0.39 is 0 Å². The summed E-state index contributed by atoms with van der Waals surface area (Å²) in [6.45, 7) is 4.03. The number of rotatable bonds is 3. The average molecular weight is 390 g/mol. The topological polar surface area (TPSA) is 79.5 Å². The average Bonchev–Trinajstić information content (AvgIpc) is 3.16. The second kappa shape index (κ2) is 7.36. The van der Waals surface area contributed by atoms with Crippen LogP contribution in [0.1, 0.15) is 17.0 Å². The van der Waals surface area contributed by atoms with E-state index in [2.05, 4.69) is 19.9 Å². The quantitative estimate of drug-likeness (QED) is 0.660. The van der Waals surface area contributed by atoms with Gasteiger partial charge in [0, 0.05) is 17.6 Å². The zero-order valence-corrected chi connectivity index (χ0v) is 16.2. The van der Waals surface area contributed by atoms with Crippen LogP contribution in [0, 0.1) is 13.8 Å². The standard InChI is InChI=1S/C21H18N4O2S/c1-13-11-15(14(2)25(13)19-5-3-4-10-22-19)12-18-20(27)24-21(28-18)23-16-6-8-17(26)9-7-16/h3-12,26H,1-2H3,(H,23,24,27)/b18-12-. The zero-order valence-electron chi connectivity index (χ0n) is 15.4. The Hall–Kier alpha value is -3.32. The molecule has 6 nitrogen and oxygen atoms in total. The lowest BCUT2D eigenvalue weighted by Crippen LogP contribution is -2.19.